The molecule has 1 unspecified atom stereocenters. The Kier molecular flexibility index (Phi) is 3.99. The summed E-state index contributed by atoms with van der Waals surface area (Å²) in [7, 11) is 0. The predicted octanol–water partition coefficient (Wildman–Crippen LogP) is 2.47. The molecular formula is C14H21N5S. The highest BCUT2D eigenvalue weighted by Gasteiger charge is 2.36. The van der Waals surface area contributed by atoms with Crippen molar-refractivity contribution in [3.63, 3.8) is 0 Å². The predicted molar refractivity (Wildman–Crippen MR) is 78.7 cm³/mol. The molecule has 1 heterocycles. The summed E-state index contributed by atoms with van der Waals surface area (Å²) < 4.78 is 2.34. The van der Waals surface area contributed by atoms with E-state index in [0.717, 1.165) is 10.9 Å². The Hall–Kier alpha value is -1.06. The molecule has 0 aromatic carbocycles. The second kappa shape index (κ2) is 5.74. The summed E-state index contributed by atoms with van der Waals surface area (Å²) in [5, 5.41) is 22.2. The molecule has 1 N–H and O–H groups in total. The SMILES string of the molecule is CC(C)NC(C#N)CSc1nnc(C2CC2)n1C1CC1. The fourth-order valence-electron chi connectivity index (χ4n) is 2.37. The first-order chi connectivity index (χ1) is 9.69. The van der Waals surface area contributed by atoms with Gasteiger partial charge in [0.2, 0.25) is 0 Å². The minimum absolute atomic E-state index is 0.131. The molecule has 0 bridgehead atoms. The van der Waals surface area contributed by atoms with Crippen LogP contribution < -0.4 is 5.32 Å². The normalized spacial score (nSPS) is 20.1. The van der Waals surface area contributed by atoms with Gasteiger partial charge >= 0.3 is 0 Å². The van der Waals surface area contributed by atoms with Gasteiger partial charge in [-0.2, -0.15) is 5.26 Å². The number of thioether (sulfide) groups is 1. The molecule has 5 nitrogen and oxygen atoms in total. The van der Waals surface area contributed by atoms with Crippen molar-refractivity contribution >= 4 is 11.8 Å². The summed E-state index contributed by atoms with van der Waals surface area (Å²) in [6, 6.07) is 3.13. The van der Waals surface area contributed by atoms with Crippen LogP contribution in [0.1, 0.15) is 57.3 Å². The number of nitriles is 1. The largest absolute Gasteiger partial charge is 0.303 e. The molecule has 1 aromatic rings. The molecule has 2 fully saturated rings. The number of hydrogen-bond acceptors (Lipinski definition) is 5. The zero-order chi connectivity index (χ0) is 14.1. The smallest absolute Gasteiger partial charge is 0.191 e. The molecule has 1 atom stereocenters. The summed E-state index contributed by atoms with van der Waals surface area (Å²) in [6.07, 6.45) is 5.00. The van der Waals surface area contributed by atoms with Crippen LogP contribution in [0.5, 0.6) is 0 Å². The molecule has 0 aliphatic heterocycles. The van der Waals surface area contributed by atoms with Crippen LogP contribution in [0.25, 0.3) is 0 Å². The molecule has 0 amide bonds. The van der Waals surface area contributed by atoms with Gasteiger partial charge in [0.15, 0.2) is 5.16 Å². The van der Waals surface area contributed by atoms with Gasteiger partial charge in [-0.15, -0.1) is 10.2 Å². The molecule has 2 aliphatic rings. The quantitative estimate of drug-likeness (QED) is 0.782. The lowest BCUT2D eigenvalue weighted by Crippen LogP contribution is -2.35. The van der Waals surface area contributed by atoms with Crippen LogP contribution in [0, 0.1) is 11.3 Å². The van der Waals surface area contributed by atoms with Crippen LogP contribution in [0.4, 0.5) is 0 Å². The number of hydrogen-bond donors (Lipinski definition) is 1. The van der Waals surface area contributed by atoms with Crippen molar-refractivity contribution in [1.29, 1.82) is 5.26 Å². The number of nitrogens with one attached hydrogen (secondary N) is 1. The zero-order valence-corrected chi connectivity index (χ0v) is 12.9. The Bertz CT molecular complexity index is 510. The Morgan fingerprint density at radius 3 is 2.65 bits per heavy atom. The van der Waals surface area contributed by atoms with E-state index in [1.54, 1.807) is 11.8 Å². The van der Waals surface area contributed by atoms with Gasteiger partial charge in [0.05, 0.1) is 6.07 Å². The molecule has 20 heavy (non-hydrogen) atoms. The van der Waals surface area contributed by atoms with Crippen LogP contribution in [0.15, 0.2) is 5.16 Å². The van der Waals surface area contributed by atoms with E-state index < -0.39 is 0 Å². The molecular weight excluding hydrogens is 270 g/mol. The molecule has 1 aromatic heterocycles. The standard InChI is InChI=1S/C14H21N5S/c1-9(2)16-11(7-15)8-20-14-18-17-13(10-3-4-10)19(14)12-5-6-12/h9-12,16H,3-6,8H2,1-2H3. The van der Waals surface area contributed by atoms with Crippen molar-refractivity contribution in [2.24, 2.45) is 0 Å². The highest BCUT2D eigenvalue weighted by Crippen LogP contribution is 2.45. The maximum Gasteiger partial charge on any atom is 0.191 e. The molecule has 3 rings (SSSR count). The van der Waals surface area contributed by atoms with Gasteiger partial charge < -0.3 is 4.57 Å². The Morgan fingerprint density at radius 2 is 2.10 bits per heavy atom. The van der Waals surface area contributed by atoms with Gasteiger partial charge in [-0.25, -0.2) is 0 Å². The van der Waals surface area contributed by atoms with Crippen molar-refractivity contribution in [1.82, 2.24) is 20.1 Å². The summed E-state index contributed by atoms with van der Waals surface area (Å²) in [5.41, 5.74) is 0. The van der Waals surface area contributed by atoms with E-state index in [-0.39, 0.29) is 6.04 Å². The summed E-state index contributed by atoms with van der Waals surface area (Å²) in [6.45, 7) is 4.12. The molecule has 108 valence electrons. The lowest BCUT2D eigenvalue weighted by molar-refractivity contribution is 0.559. The topological polar surface area (TPSA) is 66.5 Å². The van der Waals surface area contributed by atoms with Gasteiger partial charge in [-0.1, -0.05) is 11.8 Å². The first-order valence-electron chi connectivity index (χ1n) is 7.42. The van der Waals surface area contributed by atoms with E-state index in [0.29, 0.717) is 18.0 Å². The van der Waals surface area contributed by atoms with Crippen molar-refractivity contribution in [3.8, 4) is 6.07 Å². The van der Waals surface area contributed by atoms with E-state index in [1.165, 1.54) is 31.5 Å². The minimum atomic E-state index is -0.131. The third-order valence-electron chi connectivity index (χ3n) is 3.61. The summed E-state index contributed by atoms with van der Waals surface area (Å²) >= 11 is 1.66. The first-order valence-corrected chi connectivity index (χ1v) is 8.41. The Labute approximate surface area is 124 Å². The van der Waals surface area contributed by atoms with E-state index in [4.69, 9.17) is 0 Å². The molecule has 0 saturated heterocycles. The Morgan fingerprint density at radius 1 is 1.35 bits per heavy atom. The van der Waals surface area contributed by atoms with E-state index in [2.05, 4.69) is 40.0 Å². The van der Waals surface area contributed by atoms with E-state index in [1.807, 2.05) is 0 Å². The molecule has 2 saturated carbocycles. The van der Waals surface area contributed by atoms with Crippen LogP contribution in [0.3, 0.4) is 0 Å². The number of aromatic nitrogens is 3. The van der Waals surface area contributed by atoms with Gasteiger partial charge in [-0.3, -0.25) is 5.32 Å². The second-order valence-electron chi connectivity index (χ2n) is 6.03. The van der Waals surface area contributed by atoms with Gasteiger partial charge in [0.25, 0.3) is 0 Å². The van der Waals surface area contributed by atoms with Gasteiger partial charge in [-0.05, 0) is 39.5 Å². The van der Waals surface area contributed by atoms with Crippen molar-refractivity contribution in [3.05, 3.63) is 5.82 Å². The molecule has 6 heteroatoms. The molecule has 0 radical (unpaired) electrons. The maximum absolute atomic E-state index is 9.18. The number of nitrogens with zero attached hydrogens (tertiary/aromatic N) is 4. The summed E-state index contributed by atoms with van der Waals surface area (Å²) in [4.78, 5) is 0. The molecule has 0 spiro atoms. The third kappa shape index (κ3) is 3.15. The van der Waals surface area contributed by atoms with Crippen molar-refractivity contribution in [2.75, 3.05) is 5.75 Å². The fourth-order valence-corrected chi connectivity index (χ4v) is 3.33. The van der Waals surface area contributed by atoms with E-state index >= 15 is 0 Å². The first kappa shape index (κ1) is 13.9. The van der Waals surface area contributed by atoms with Crippen LogP contribution in [-0.2, 0) is 0 Å². The highest BCUT2D eigenvalue weighted by molar-refractivity contribution is 7.99. The maximum atomic E-state index is 9.18. The monoisotopic (exact) mass is 291 g/mol. The summed E-state index contributed by atoms with van der Waals surface area (Å²) in [5.74, 6) is 2.54. The highest BCUT2D eigenvalue weighted by atomic mass is 32.2. The zero-order valence-electron chi connectivity index (χ0n) is 12.0. The average molecular weight is 291 g/mol. The lowest BCUT2D eigenvalue weighted by atomic mass is 10.3. The number of rotatable bonds is 7. The van der Waals surface area contributed by atoms with Crippen molar-refractivity contribution in [2.45, 2.75) is 68.7 Å². The minimum Gasteiger partial charge on any atom is -0.303 e. The lowest BCUT2D eigenvalue weighted by Gasteiger charge is -2.14. The average Bonchev–Trinajstić information content (AvgIpc) is 3.32. The van der Waals surface area contributed by atoms with Crippen LogP contribution in [-0.4, -0.2) is 32.6 Å². The van der Waals surface area contributed by atoms with Crippen LogP contribution >= 0.6 is 11.8 Å². The van der Waals surface area contributed by atoms with Crippen LogP contribution in [0.2, 0.25) is 0 Å². The van der Waals surface area contributed by atoms with Gasteiger partial charge in [0, 0.05) is 23.8 Å². The second-order valence-corrected chi connectivity index (χ2v) is 7.02. The molecule has 2 aliphatic carbocycles. The third-order valence-corrected chi connectivity index (χ3v) is 4.65. The fraction of sp³-hybridized carbons (Fsp3) is 0.786. The van der Waals surface area contributed by atoms with E-state index in [9.17, 15) is 5.26 Å². The van der Waals surface area contributed by atoms with Crippen molar-refractivity contribution < 1.29 is 0 Å². The van der Waals surface area contributed by atoms with Gasteiger partial charge in [0.1, 0.15) is 11.9 Å². The Balaban J connectivity index is 1.66.